The van der Waals surface area contributed by atoms with E-state index in [-0.39, 0.29) is 47.9 Å². The lowest BCUT2D eigenvalue weighted by molar-refractivity contribution is -0.133. The number of nitrogens with zero attached hydrogens (tertiary/aromatic N) is 4. The summed E-state index contributed by atoms with van der Waals surface area (Å²) in [5, 5.41) is 6.79. The Hall–Kier alpha value is -1.62. The first-order valence-corrected chi connectivity index (χ1v) is 11.1. The van der Waals surface area contributed by atoms with Crippen LogP contribution in [-0.2, 0) is 16.1 Å². The number of hydrogen-bond acceptors (Lipinski definition) is 5. The number of hydrogen-bond donors (Lipinski definition) is 2. The van der Waals surface area contributed by atoms with Crippen molar-refractivity contribution in [3.8, 4) is 0 Å². The van der Waals surface area contributed by atoms with Crippen LogP contribution < -0.4 is 15.5 Å². The van der Waals surface area contributed by atoms with Gasteiger partial charge in [0.25, 0.3) is 0 Å². The number of likely N-dealkylation sites (tertiary alicyclic amines) is 1. The third kappa shape index (κ3) is 7.48. The van der Waals surface area contributed by atoms with E-state index >= 15 is 0 Å². The zero-order valence-corrected chi connectivity index (χ0v) is 21.5. The van der Waals surface area contributed by atoms with Crippen LogP contribution in [0.4, 0.5) is 5.82 Å². The number of rotatable bonds is 6. The largest absolute Gasteiger partial charge is 0.375 e. The van der Waals surface area contributed by atoms with Crippen molar-refractivity contribution >= 4 is 41.7 Å². The minimum atomic E-state index is 0. The number of ether oxygens (including phenoxy) is 1. The summed E-state index contributed by atoms with van der Waals surface area (Å²) < 4.78 is 5.60. The molecule has 2 fully saturated rings. The van der Waals surface area contributed by atoms with Crippen LogP contribution in [0.25, 0.3) is 0 Å². The van der Waals surface area contributed by atoms with Gasteiger partial charge in [-0.25, -0.2) is 9.98 Å². The first kappa shape index (κ1) is 25.6. The Labute approximate surface area is 203 Å². The number of nitrogens with one attached hydrogen (secondary N) is 2. The fraction of sp³-hybridized carbons (Fsp3) is 0.682. The maximum Gasteiger partial charge on any atom is 0.225 e. The van der Waals surface area contributed by atoms with Crippen LogP contribution in [0.15, 0.2) is 23.3 Å². The second-order valence-corrected chi connectivity index (χ2v) is 8.42. The topological polar surface area (TPSA) is 82.1 Å². The molecule has 2 N–H and O–H groups in total. The van der Waals surface area contributed by atoms with Crippen molar-refractivity contribution in [1.82, 2.24) is 20.5 Å². The van der Waals surface area contributed by atoms with Gasteiger partial charge in [-0.3, -0.25) is 4.79 Å². The van der Waals surface area contributed by atoms with Gasteiger partial charge < -0.3 is 25.2 Å². The summed E-state index contributed by atoms with van der Waals surface area (Å²) >= 11 is 0. The molecule has 0 saturated carbocycles. The summed E-state index contributed by atoms with van der Waals surface area (Å²) in [6.45, 7) is 13.4. The lowest BCUT2D eigenvalue weighted by Crippen LogP contribution is -2.45. The van der Waals surface area contributed by atoms with Gasteiger partial charge in [0, 0.05) is 50.9 Å². The predicted molar refractivity (Wildman–Crippen MR) is 135 cm³/mol. The van der Waals surface area contributed by atoms with Crippen LogP contribution in [0.2, 0.25) is 0 Å². The van der Waals surface area contributed by atoms with Gasteiger partial charge in [-0.05, 0) is 31.9 Å². The Morgan fingerprint density at radius 3 is 2.77 bits per heavy atom. The smallest absolute Gasteiger partial charge is 0.225 e. The number of carbonyl (C=O) groups excluding carboxylic acids is 1. The molecule has 31 heavy (non-hydrogen) atoms. The predicted octanol–water partition coefficient (Wildman–Crippen LogP) is 2.24. The number of halogens is 1. The Balaban J connectivity index is 0.00000341. The third-order valence-corrected chi connectivity index (χ3v) is 5.47. The van der Waals surface area contributed by atoms with Crippen LogP contribution in [-0.4, -0.2) is 73.2 Å². The van der Waals surface area contributed by atoms with E-state index in [0.29, 0.717) is 6.54 Å². The monoisotopic (exact) mass is 544 g/mol. The molecule has 2 aliphatic rings. The van der Waals surface area contributed by atoms with Gasteiger partial charge in [-0.1, -0.05) is 19.9 Å². The summed E-state index contributed by atoms with van der Waals surface area (Å²) in [7, 11) is 0. The molecule has 0 aliphatic carbocycles. The first-order valence-electron chi connectivity index (χ1n) is 11.1. The number of amides is 1. The van der Waals surface area contributed by atoms with Gasteiger partial charge in [0.05, 0.1) is 19.3 Å². The molecular formula is C22H37IN6O2. The zero-order valence-electron chi connectivity index (χ0n) is 19.1. The van der Waals surface area contributed by atoms with E-state index < -0.39 is 0 Å². The van der Waals surface area contributed by atoms with Crippen molar-refractivity contribution in [2.24, 2.45) is 10.9 Å². The van der Waals surface area contributed by atoms with Gasteiger partial charge in [0.2, 0.25) is 5.91 Å². The number of aliphatic imine (C=N–C) groups is 1. The molecule has 0 radical (unpaired) electrons. The van der Waals surface area contributed by atoms with Gasteiger partial charge in [-0.15, -0.1) is 24.0 Å². The number of morpholine rings is 1. The minimum absolute atomic E-state index is 0. The molecule has 0 bridgehead atoms. The van der Waals surface area contributed by atoms with E-state index in [4.69, 9.17) is 9.73 Å². The number of pyridine rings is 1. The summed E-state index contributed by atoms with van der Waals surface area (Å²) in [4.78, 5) is 25.8. The molecule has 8 nitrogen and oxygen atoms in total. The molecule has 2 atom stereocenters. The van der Waals surface area contributed by atoms with Crippen molar-refractivity contribution in [2.45, 2.75) is 52.8 Å². The van der Waals surface area contributed by atoms with Gasteiger partial charge in [-0.2, -0.15) is 0 Å². The Morgan fingerprint density at radius 2 is 2.13 bits per heavy atom. The van der Waals surface area contributed by atoms with Crippen molar-refractivity contribution < 1.29 is 9.53 Å². The Kier molecular flexibility index (Phi) is 10.3. The molecule has 1 aromatic rings. The highest BCUT2D eigenvalue weighted by Crippen LogP contribution is 2.16. The van der Waals surface area contributed by atoms with Crippen LogP contribution in [0, 0.1) is 5.92 Å². The molecule has 1 aromatic heterocycles. The number of carbonyl (C=O) groups is 1. The SMILES string of the molecule is CCNC(=NCc1ccc(N2CCOC(C)C2)nc1)NC1CCN(C(=O)C(C)C)C1.I. The lowest BCUT2D eigenvalue weighted by Gasteiger charge is -2.32. The average molecular weight is 544 g/mol. The van der Waals surface area contributed by atoms with Crippen LogP contribution in [0.3, 0.4) is 0 Å². The Bertz CT molecular complexity index is 727. The maximum absolute atomic E-state index is 12.2. The zero-order chi connectivity index (χ0) is 21.5. The van der Waals surface area contributed by atoms with Crippen LogP contribution in [0.5, 0.6) is 0 Å². The molecule has 2 saturated heterocycles. The van der Waals surface area contributed by atoms with E-state index in [1.807, 2.05) is 24.9 Å². The molecule has 3 heterocycles. The van der Waals surface area contributed by atoms with Gasteiger partial charge in [0.1, 0.15) is 5.82 Å². The summed E-state index contributed by atoms with van der Waals surface area (Å²) in [6, 6.07) is 4.39. The third-order valence-electron chi connectivity index (χ3n) is 5.47. The van der Waals surface area contributed by atoms with E-state index in [1.54, 1.807) is 0 Å². The van der Waals surface area contributed by atoms with Crippen molar-refractivity contribution in [3.05, 3.63) is 23.9 Å². The molecular weight excluding hydrogens is 507 g/mol. The number of aromatic nitrogens is 1. The van der Waals surface area contributed by atoms with Crippen molar-refractivity contribution in [1.29, 1.82) is 0 Å². The minimum Gasteiger partial charge on any atom is -0.375 e. The standard InChI is InChI=1S/C22H36N6O2.HI/c1-5-23-22(26-19-8-9-28(15-19)21(29)16(2)3)25-13-18-6-7-20(24-12-18)27-10-11-30-17(4)14-27;/h6-7,12,16-17,19H,5,8-11,13-15H2,1-4H3,(H2,23,25,26);1H. The van der Waals surface area contributed by atoms with Crippen molar-refractivity contribution in [3.63, 3.8) is 0 Å². The van der Waals surface area contributed by atoms with E-state index in [0.717, 1.165) is 63.1 Å². The lowest BCUT2D eigenvalue weighted by atomic mass is 10.2. The highest BCUT2D eigenvalue weighted by Gasteiger charge is 2.28. The first-order chi connectivity index (χ1) is 14.5. The number of anilines is 1. The fourth-order valence-corrected chi connectivity index (χ4v) is 3.85. The second kappa shape index (κ2) is 12.4. The summed E-state index contributed by atoms with van der Waals surface area (Å²) in [5.41, 5.74) is 1.07. The Morgan fingerprint density at radius 1 is 1.32 bits per heavy atom. The fourth-order valence-electron chi connectivity index (χ4n) is 3.85. The molecule has 0 aromatic carbocycles. The van der Waals surface area contributed by atoms with E-state index in [1.165, 1.54) is 0 Å². The molecule has 1 amide bonds. The highest BCUT2D eigenvalue weighted by atomic mass is 127. The molecule has 9 heteroatoms. The molecule has 2 aliphatic heterocycles. The average Bonchev–Trinajstić information content (AvgIpc) is 3.20. The summed E-state index contributed by atoms with van der Waals surface area (Å²) in [5.74, 6) is 2.04. The maximum atomic E-state index is 12.2. The number of guanidine groups is 1. The highest BCUT2D eigenvalue weighted by molar-refractivity contribution is 14.0. The van der Waals surface area contributed by atoms with E-state index in [9.17, 15) is 4.79 Å². The normalized spacial score (nSPS) is 21.8. The van der Waals surface area contributed by atoms with Gasteiger partial charge >= 0.3 is 0 Å². The molecule has 174 valence electrons. The molecule has 0 spiro atoms. The molecule has 3 rings (SSSR count). The van der Waals surface area contributed by atoms with Crippen molar-refractivity contribution in [2.75, 3.05) is 44.2 Å². The molecule has 2 unspecified atom stereocenters. The van der Waals surface area contributed by atoms with Crippen LogP contribution in [0.1, 0.15) is 39.7 Å². The van der Waals surface area contributed by atoms with E-state index in [2.05, 4.69) is 46.5 Å². The van der Waals surface area contributed by atoms with Crippen LogP contribution >= 0.6 is 24.0 Å². The quantitative estimate of drug-likeness (QED) is 0.325. The summed E-state index contributed by atoms with van der Waals surface area (Å²) in [6.07, 6.45) is 3.08. The second-order valence-electron chi connectivity index (χ2n) is 8.42. The van der Waals surface area contributed by atoms with Gasteiger partial charge in [0.15, 0.2) is 5.96 Å².